The first kappa shape index (κ1) is 13.1. The minimum atomic E-state index is -0.235. The van der Waals surface area contributed by atoms with E-state index in [1.54, 1.807) is 11.3 Å². The van der Waals surface area contributed by atoms with Crippen molar-refractivity contribution in [2.75, 3.05) is 20.6 Å². The van der Waals surface area contributed by atoms with Gasteiger partial charge >= 0.3 is 0 Å². The van der Waals surface area contributed by atoms with Crippen LogP contribution in [0, 0.1) is 0 Å². The topological polar surface area (TPSA) is 35.6 Å². The first-order valence-corrected chi connectivity index (χ1v) is 7.70. The Morgan fingerprint density at radius 3 is 2.84 bits per heavy atom. The third-order valence-corrected chi connectivity index (χ3v) is 5.22. The number of hydrogen-bond donors (Lipinski definition) is 1. The Morgan fingerprint density at radius 2 is 2.32 bits per heavy atom. The van der Waals surface area contributed by atoms with Crippen LogP contribution in [-0.2, 0) is 4.79 Å². The van der Waals surface area contributed by atoms with Crippen LogP contribution >= 0.6 is 11.3 Å². The van der Waals surface area contributed by atoms with Crippen molar-refractivity contribution in [2.24, 2.45) is 0 Å². The molecule has 1 saturated carbocycles. The SMILES string of the molecule is CC(CN1C(=O)C2(CC2)NC1c1cccs1)N(C)C. The Morgan fingerprint density at radius 1 is 1.58 bits per heavy atom. The lowest BCUT2D eigenvalue weighted by atomic mass is 10.2. The summed E-state index contributed by atoms with van der Waals surface area (Å²) in [7, 11) is 4.12. The Labute approximate surface area is 118 Å². The molecule has 19 heavy (non-hydrogen) atoms. The second-order valence-electron chi connectivity index (χ2n) is 5.91. The minimum Gasteiger partial charge on any atom is -0.319 e. The van der Waals surface area contributed by atoms with Crippen molar-refractivity contribution in [3.05, 3.63) is 22.4 Å². The van der Waals surface area contributed by atoms with Crippen LogP contribution in [0.5, 0.6) is 0 Å². The fourth-order valence-corrected chi connectivity index (χ4v) is 3.37. The minimum absolute atomic E-state index is 0.0670. The van der Waals surface area contributed by atoms with Crippen molar-refractivity contribution in [1.82, 2.24) is 15.1 Å². The van der Waals surface area contributed by atoms with E-state index in [1.807, 2.05) is 4.90 Å². The molecule has 2 atom stereocenters. The molecule has 1 saturated heterocycles. The van der Waals surface area contributed by atoms with E-state index in [2.05, 4.69) is 48.7 Å². The van der Waals surface area contributed by atoms with Crippen molar-refractivity contribution < 1.29 is 4.79 Å². The number of thiophene rings is 1. The summed E-state index contributed by atoms with van der Waals surface area (Å²) in [4.78, 5) is 18.0. The molecule has 1 aliphatic carbocycles. The van der Waals surface area contributed by atoms with E-state index in [4.69, 9.17) is 0 Å². The second-order valence-corrected chi connectivity index (χ2v) is 6.89. The summed E-state index contributed by atoms with van der Waals surface area (Å²) in [5, 5.41) is 5.63. The molecule has 5 heteroatoms. The fraction of sp³-hybridized carbons (Fsp3) is 0.643. The lowest BCUT2D eigenvalue weighted by Crippen LogP contribution is -2.41. The summed E-state index contributed by atoms with van der Waals surface area (Å²) in [6.45, 7) is 2.94. The van der Waals surface area contributed by atoms with Gasteiger partial charge in [0.05, 0.1) is 0 Å². The van der Waals surface area contributed by atoms with E-state index in [0.717, 1.165) is 19.4 Å². The smallest absolute Gasteiger partial charge is 0.244 e. The normalized spacial score (nSPS) is 26.4. The van der Waals surface area contributed by atoms with E-state index in [0.29, 0.717) is 11.9 Å². The van der Waals surface area contributed by atoms with Crippen molar-refractivity contribution >= 4 is 17.2 Å². The third-order valence-electron chi connectivity index (χ3n) is 4.30. The van der Waals surface area contributed by atoms with Gasteiger partial charge < -0.3 is 9.80 Å². The number of amides is 1. The zero-order valence-corrected chi connectivity index (χ0v) is 12.5. The summed E-state index contributed by atoms with van der Waals surface area (Å²) in [5.41, 5.74) is -0.235. The molecule has 1 N–H and O–H groups in total. The maximum absolute atomic E-state index is 12.6. The molecule has 0 bridgehead atoms. The van der Waals surface area contributed by atoms with Crippen LogP contribution in [0.15, 0.2) is 17.5 Å². The predicted octanol–water partition coefficient (Wildman–Crippen LogP) is 1.66. The molecule has 1 aromatic heterocycles. The lowest BCUT2D eigenvalue weighted by Gasteiger charge is -2.29. The van der Waals surface area contributed by atoms with E-state index in [1.165, 1.54) is 4.88 Å². The fourth-order valence-electron chi connectivity index (χ4n) is 2.58. The van der Waals surface area contributed by atoms with Crippen LogP contribution in [-0.4, -0.2) is 47.9 Å². The van der Waals surface area contributed by atoms with Gasteiger partial charge in [-0.25, -0.2) is 0 Å². The molecule has 3 rings (SSSR count). The van der Waals surface area contributed by atoms with Crippen LogP contribution in [0.3, 0.4) is 0 Å². The number of carbonyl (C=O) groups is 1. The first-order chi connectivity index (χ1) is 9.03. The molecule has 2 fully saturated rings. The van der Waals surface area contributed by atoms with Gasteiger partial charge in [0.25, 0.3) is 0 Å². The van der Waals surface area contributed by atoms with E-state index in [-0.39, 0.29) is 11.7 Å². The Bertz CT molecular complexity index is 467. The van der Waals surface area contributed by atoms with Gasteiger partial charge in [-0.15, -0.1) is 11.3 Å². The molecule has 1 aliphatic heterocycles. The largest absolute Gasteiger partial charge is 0.319 e. The molecule has 104 valence electrons. The number of carbonyl (C=O) groups excluding carboxylic acids is 1. The van der Waals surface area contributed by atoms with E-state index in [9.17, 15) is 4.79 Å². The van der Waals surface area contributed by atoms with Crippen molar-refractivity contribution in [3.8, 4) is 0 Å². The quantitative estimate of drug-likeness (QED) is 0.910. The Hall–Kier alpha value is -0.910. The highest BCUT2D eigenvalue weighted by Gasteiger charge is 2.59. The van der Waals surface area contributed by atoms with Gasteiger partial charge in [0.2, 0.25) is 5.91 Å². The highest BCUT2D eigenvalue weighted by Crippen LogP contribution is 2.46. The van der Waals surface area contributed by atoms with E-state index < -0.39 is 0 Å². The zero-order valence-electron chi connectivity index (χ0n) is 11.7. The maximum atomic E-state index is 12.6. The molecule has 4 nitrogen and oxygen atoms in total. The van der Waals surface area contributed by atoms with Gasteiger partial charge in [0.15, 0.2) is 0 Å². The lowest BCUT2D eigenvalue weighted by molar-refractivity contribution is -0.131. The van der Waals surface area contributed by atoms with Crippen LogP contribution in [0.1, 0.15) is 30.8 Å². The van der Waals surface area contributed by atoms with Gasteiger partial charge in [-0.2, -0.15) is 0 Å². The molecule has 2 unspecified atom stereocenters. The molecule has 1 aromatic rings. The molecule has 0 aromatic carbocycles. The molecular weight excluding hydrogens is 258 g/mol. The predicted molar refractivity (Wildman–Crippen MR) is 77.0 cm³/mol. The number of nitrogens with zero attached hydrogens (tertiary/aromatic N) is 2. The van der Waals surface area contributed by atoms with Gasteiger partial charge in [0.1, 0.15) is 11.7 Å². The van der Waals surface area contributed by atoms with Crippen molar-refractivity contribution in [3.63, 3.8) is 0 Å². The Balaban J connectivity index is 1.83. The highest BCUT2D eigenvalue weighted by molar-refractivity contribution is 7.10. The van der Waals surface area contributed by atoms with Gasteiger partial charge in [-0.05, 0) is 45.3 Å². The number of nitrogens with one attached hydrogen (secondary N) is 1. The second kappa shape index (κ2) is 4.58. The summed E-state index contributed by atoms with van der Waals surface area (Å²) < 4.78 is 0. The molecule has 1 spiro atoms. The van der Waals surface area contributed by atoms with Crippen molar-refractivity contribution in [2.45, 2.75) is 37.5 Å². The molecule has 2 aliphatic rings. The maximum Gasteiger partial charge on any atom is 0.244 e. The highest BCUT2D eigenvalue weighted by atomic mass is 32.1. The van der Waals surface area contributed by atoms with Gasteiger partial charge in [0, 0.05) is 17.5 Å². The van der Waals surface area contributed by atoms with Crippen molar-refractivity contribution in [1.29, 1.82) is 0 Å². The van der Waals surface area contributed by atoms with Gasteiger partial charge in [-0.1, -0.05) is 6.07 Å². The summed E-state index contributed by atoms with van der Waals surface area (Å²) in [6.07, 6.45) is 2.04. The zero-order chi connectivity index (χ0) is 13.6. The summed E-state index contributed by atoms with van der Waals surface area (Å²) in [5.74, 6) is 0.291. The van der Waals surface area contributed by atoms with Gasteiger partial charge in [-0.3, -0.25) is 10.1 Å². The number of rotatable bonds is 4. The molecule has 1 amide bonds. The number of hydrogen-bond acceptors (Lipinski definition) is 4. The molecular formula is C14H21N3OS. The molecule has 0 radical (unpaired) electrons. The number of likely N-dealkylation sites (N-methyl/N-ethyl adjacent to an activating group) is 1. The van der Waals surface area contributed by atoms with Crippen LogP contribution in [0.25, 0.3) is 0 Å². The average molecular weight is 279 g/mol. The van der Waals surface area contributed by atoms with Crippen LogP contribution in [0.2, 0.25) is 0 Å². The standard InChI is InChI=1S/C14H21N3OS/c1-10(16(2)3)9-17-12(11-5-4-8-19-11)15-14(6-7-14)13(17)18/h4-5,8,10,12,15H,6-7,9H2,1-3H3. The van der Waals surface area contributed by atoms with Crippen LogP contribution < -0.4 is 5.32 Å². The molecule has 2 heterocycles. The van der Waals surface area contributed by atoms with E-state index >= 15 is 0 Å². The third kappa shape index (κ3) is 2.20. The Kier molecular flexibility index (Phi) is 3.15. The first-order valence-electron chi connectivity index (χ1n) is 6.82. The summed E-state index contributed by atoms with van der Waals surface area (Å²) >= 11 is 1.72. The van der Waals surface area contributed by atoms with Crippen LogP contribution in [0.4, 0.5) is 0 Å². The average Bonchev–Trinajstić information content (AvgIpc) is 2.85. The summed E-state index contributed by atoms with van der Waals surface area (Å²) in [6, 6.07) is 4.53. The monoisotopic (exact) mass is 279 g/mol.